The first-order chi connectivity index (χ1) is 12.5. The van der Waals surface area contributed by atoms with Crippen molar-refractivity contribution in [3.05, 3.63) is 81.6 Å². The van der Waals surface area contributed by atoms with Crippen molar-refractivity contribution in [2.75, 3.05) is 5.32 Å². The lowest BCUT2D eigenvalue weighted by molar-refractivity contribution is -0.385. The summed E-state index contributed by atoms with van der Waals surface area (Å²) in [4.78, 5) is 23.0. The van der Waals surface area contributed by atoms with E-state index in [1.165, 1.54) is 12.1 Å². The zero-order valence-corrected chi connectivity index (χ0v) is 13.9. The van der Waals surface area contributed by atoms with Gasteiger partial charge in [0.15, 0.2) is 0 Å². The molecule has 0 radical (unpaired) electrons. The third-order valence-electron chi connectivity index (χ3n) is 3.97. The van der Waals surface area contributed by atoms with Crippen LogP contribution in [-0.4, -0.2) is 15.9 Å². The number of hydrogen-bond acceptors (Lipinski definition) is 5. The third kappa shape index (κ3) is 3.47. The molecule has 1 heterocycles. The Morgan fingerprint density at radius 2 is 1.96 bits per heavy atom. The van der Waals surface area contributed by atoms with Gasteiger partial charge < -0.3 is 14.8 Å². The number of nitro groups is 1. The van der Waals surface area contributed by atoms with E-state index in [1.54, 1.807) is 43.3 Å². The molecule has 7 nitrogen and oxygen atoms in total. The minimum atomic E-state index is -0.512. The number of furan rings is 1. The molecule has 3 rings (SSSR count). The molecular formula is C19H16N2O5. The zero-order valence-electron chi connectivity index (χ0n) is 13.9. The lowest BCUT2D eigenvalue weighted by Gasteiger charge is -2.09. The molecule has 2 aromatic carbocycles. The average Bonchev–Trinajstić information content (AvgIpc) is 3.11. The minimum absolute atomic E-state index is 0.0986. The number of nitrogens with zero attached hydrogens (tertiary/aromatic N) is 1. The lowest BCUT2D eigenvalue weighted by Crippen LogP contribution is -2.14. The van der Waals surface area contributed by atoms with E-state index >= 15 is 0 Å². The highest BCUT2D eigenvalue weighted by atomic mass is 16.6. The Bertz CT molecular complexity index is 978. The van der Waals surface area contributed by atoms with Crippen molar-refractivity contribution >= 4 is 17.3 Å². The first-order valence-corrected chi connectivity index (χ1v) is 7.85. The first-order valence-electron chi connectivity index (χ1n) is 7.85. The number of carbonyl (C=O) groups is 1. The van der Waals surface area contributed by atoms with Gasteiger partial charge in [-0.15, -0.1) is 0 Å². The van der Waals surface area contributed by atoms with Crippen LogP contribution in [-0.2, 0) is 6.61 Å². The van der Waals surface area contributed by atoms with Crippen LogP contribution in [0.5, 0.6) is 0 Å². The van der Waals surface area contributed by atoms with Gasteiger partial charge in [0.05, 0.1) is 4.92 Å². The van der Waals surface area contributed by atoms with E-state index in [-0.39, 0.29) is 17.9 Å². The number of rotatable bonds is 5. The summed E-state index contributed by atoms with van der Waals surface area (Å²) in [5, 5.41) is 22.9. The summed E-state index contributed by atoms with van der Waals surface area (Å²) in [6.07, 6.45) is 0. The maximum Gasteiger partial charge on any atom is 0.273 e. The Kier molecular flexibility index (Phi) is 4.81. The molecule has 3 aromatic rings. The van der Waals surface area contributed by atoms with Gasteiger partial charge in [0, 0.05) is 28.4 Å². The molecule has 1 aromatic heterocycles. The summed E-state index contributed by atoms with van der Waals surface area (Å²) in [5.41, 5.74) is 1.71. The van der Waals surface area contributed by atoms with Gasteiger partial charge in [-0.05, 0) is 37.3 Å². The molecule has 0 bridgehead atoms. The topological polar surface area (TPSA) is 106 Å². The van der Waals surface area contributed by atoms with Crippen LogP contribution < -0.4 is 5.32 Å². The van der Waals surface area contributed by atoms with Crippen molar-refractivity contribution in [1.82, 2.24) is 0 Å². The van der Waals surface area contributed by atoms with E-state index in [1.807, 2.05) is 6.07 Å². The molecule has 0 saturated carbocycles. The fourth-order valence-electron chi connectivity index (χ4n) is 2.63. The maximum atomic E-state index is 12.5. The molecule has 0 saturated heterocycles. The Labute approximate surface area is 149 Å². The molecular weight excluding hydrogens is 336 g/mol. The molecule has 7 heteroatoms. The van der Waals surface area contributed by atoms with Crippen LogP contribution in [0.3, 0.4) is 0 Å². The van der Waals surface area contributed by atoms with Crippen LogP contribution in [0.2, 0.25) is 0 Å². The molecule has 26 heavy (non-hydrogen) atoms. The molecule has 0 aliphatic rings. The van der Waals surface area contributed by atoms with Gasteiger partial charge in [0.2, 0.25) is 0 Å². The third-order valence-corrected chi connectivity index (χ3v) is 3.97. The van der Waals surface area contributed by atoms with Crippen molar-refractivity contribution in [2.45, 2.75) is 13.5 Å². The molecule has 0 aliphatic carbocycles. The molecule has 0 unspecified atom stereocenters. The van der Waals surface area contributed by atoms with Crippen LogP contribution >= 0.6 is 0 Å². The number of anilines is 1. The summed E-state index contributed by atoms with van der Waals surface area (Å²) < 4.78 is 5.49. The van der Waals surface area contributed by atoms with Crippen LogP contribution in [0.4, 0.5) is 11.4 Å². The largest absolute Gasteiger partial charge is 0.459 e. The monoisotopic (exact) mass is 352 g/mol. The molecule has 1 amide bonds. The Balaban J connectivity index is 1.85. The Hall–Kier alpha value is -3.45. The fraction of sp³-hybridized carbons (Fsp3) is 0.105. The van der Waals surface area contributed by atoms with E-state index < -0.39 is 10.8 Å². The van der Waals surface area contributed by atoms with Crippen molar-refractivity contribution in [2.24, 2.45) is 0 Å². The number of amides is 1. The van der Waals surface area contributed by atoms with Crippen LogP contribution in [0, 0.1) is 17.0 Å². The first kappa shape index (κ1) is 17.4. The smallest absolute Gasteiger partial charge is 0.273 e. The average molecular weight is 352 g/mol. The van der Waals surface area contributed by atoms with Crippen molar-refractivity contribution in [3.63, 3.8) is 0 Å². The molecule has 0 spiro atoms. The van der Waals surface area contributed by atoms with Gasteiger partial charge in [-0.3, -0.25) is 14.9 Å². The molecule has 0 fully saturated rings. The minimum Gasteiger partial charge on any atom is -0.459 e. The maximum absolute atomic E-state index is 12.5. The number of aliphatic hydroxyl groups excluding tert-OH is 1. The number of nitro benzene ring substituents is 1. The number of aliphatic hydroxyl groups is 1. The molecule has 2 N–H and O–H groups in total. The summed E-state index contributed by atoms with van der Waals surface area (Å²) in [5.74, 6) is 0.581. The number of carbonyl (C=O) groups excluding carboxylic acids is 1. The predicted molar refractivity (Wildman–Crippen MR) is 95.9 cm³/mol. The molecule has 0 atom stereocenters. The second kappa shape index (κ2) is 7.20. The van der Waals surface area contributed by atoms with Crippen molar-refractivity contribution < 1.29 is 19.2 Å². The standard InChI is InChI=1S/C19H16N2O5/c1-12-16(6-3-7-17(12)21(24)25)19(23)20-14-5-2-4-13(10-14)18-9-8-15(11-22)26-18/h2-10,22H,11H2,1H3,(H,20,23). The van der Waals surface area contributed by atoms with Crippen molar-refractivity contribution in [1.29, 1.82) is 0 Å². The van der Waals surface area contributed by atoms with Gasteiger partial charge in [-0.1, -0.05) is 18.2 Å². The predicted octanol–water partition coefficient (Wildman–Crippen LogP) is 3.91. The van der Waals surface area contributed by atoms with Gasteiger partial charge in [0.1, 0.15) is 18.1 Å². The van der Waals surface area contributed by atoms with Crippen molar-refractivity contribution in [3.8, 4) is 11.3 Å². The van der Waals surface area contributed by atoms with E-state index in [9.17, 15) is 14.9 Å². The molecule has 0 aliphatic heterocycles. The van der Waals surface area contributed by atoms with E-state index in [2.05, 4.69) is 5.32 Å². The summed E-state index contributed by atoms with van der Waals surface area (Å²) in [7, 11) is 0. The number of benzene rings is 2. The normalized spacial score (nSPS) is 10.5. The van der Waals surface area contributed by atoms with Gasteiger partial charge in [-0.25, -0.2) is 0 Å². The Morgan fingerprint density at radius 1 is 1.19 bits per heavy atom. The summed E-state index contributed by atoms with van der Waals surface area (Å²) >= 11 is 0. The van der Waals surface area contributed by atoms with Crippen LogP contribution in [0.15, 0.2) is 59.0 Å². The highest BCUT2D eigenvalue weighted by Gasteiger charge is 2.18. The van der Waals surface area contributed by atoms with Crippen LogP contribution in [0.25, 0.3) is 11.3 Å². The van der Waals surface area contributed by atoms with Gasteiger partial charge in [-0.2, -0.15) is 0 Å². The quantitative estimate of drug-likeness (QED) is 0.535. The van der Waals surface area contributed by atoms with E-state index in [4.69, 9.17) is 9.52 Å². The van der Waals surface area contributed by atoms with E-state index in [0.29, 0.717) is 22.8 Å². The van der Waals surface area contributed by atoms with Crippen LogP contribution in [0.1, 0.15) is 21.7 Å². The summed E-state index contributed by atoms with van der Waals surface area (Å²) in [6.45, 7) is 1.35. The number of hydrogen-bond donors (Lipinski definition) is 2. The zero-order chi connectivity index (χ0) is 18.7. The highest BCUT2D eigenvalue weighted by molar-refractivity contribution is 6.06. The van der Waals surface area contributed by atoms with E-state index in [0.717, 1.165) is 5.56 Å². The number of nitrogens with one attached hydrogen (secondary N) is 1. The highest BCUT2D eigenvalue weighted by Crippen LogP contribution is 2.26. The fourth-order valence-corrected chi connectivity index (χ4v) is 2.63. The Morgan fingerprint density at radius 3 is 2.65 bits per heavy atom. The lowest BCUT2D eigenvalue weighted by atomic mass is 10.1. The van der Waals surface area contributed by atoms with Gasteiger partial charge in [0.25, 0.3) is 11.6 Å². The van der Waals surface area contributed by atoms with Gasteiger partial charge >= 0.3 is 0 Å². The SMILES string of the molecule is Cc1c(C(=O)Nc2cccc(-c3ccc(CO)o3)c2)cccc1[N+](=O)[O-]. The second-order valence-electron chi connectivity index (χ2n) is 5.67. The second-order valence-corrected chi connectivity index (χ2v) is 5.67. The molecule has 132 valence electrons. The summed E-state index contributed by atoms with van der Waals surface area (Å²) in [6, 6.07) is 14.8.